The van der Waals surface area contributed by atoms with Crippen molar-refractivity contribution in [2.45, 2.75) is 12.5 Å². The monoisotopic (exact) mass is 385 g/mol. The van der Waals surface area contributed by atoms with Crippen LogP contribution in [0.5, 0.6) is 0 Å². The molecule has 1 nitrogen and oxygen atoms in total. The van der Waals surface area contributed by atoms with Crippen LogP contribution in [0, 0.1) is 5.82 Å². The second-order valence-corrected chi connectivity index (χ2v) is 6.02. The Balaban J connectivity index is 2.26. The van der Waals surface area contributed by atoms with Gasteiger partial charge >= 0.3 is 0 Å². The molecule has 2 aromatic carbocycles. The number of hydrogen-bond donors (Lipinski definition) is 1. The van der Waals surface area contributed by atoms with Crippen molar-refractivity contribution in [3.63, 3.8) is 0 Å². The van der Waals surface area contributed by atoms with Crippen LogP contribution in [-0.2, 0) is 6.42 Å². The number of likely N-dealkylation sites (N-methyl/N-ethyl adjacent to an activating group) is 1. The summed E-state index contributed by atoms with van der Waals surface area (Å²) in [5, 5.41) is 3.28. The summed E-state index contributed by atoms with van der Waals surface area (Å²) in [7, 11) is 1.92. The lowest BCUT2D eigenvalue weighted by Gasteiger charge is -2.18. The summed E-state index contributed by atoms with van der Waals surface area (Å²) in [6, 6.07) is 13.4. The number of halogens is 3. The topological polar surface area (TPSA) is 12.0 Å². The molecule has 19 heavy (non-hydrogen) atoms. The van der Waals surface area contributed by atoms with Gasteiger partial charge in [0.2, 0.25) is 0 Å². The van der Waals surface area contributed by atoms with E-state index in [1.165, 1.54) is 11.6 Å². The third-order valence-electron chi connectivity index (χ3n) is 3.06. The molecule has 1 unspecified atom stereocenters. The first kappa shape index (κ1) is 14.7. The van der Waals surface area contributed by atoms with Crippen LogP contribution >= 0.6 is 31.9 Å². The highest BCUT2D eigenvalue weighted by Gasteiger charge is 2.13. The van der Waals surface area contributed by atoms with Crippen LogP contribution in [0.1, 0.15) is 17.2 Å². The molecule has 4 heteroatoms. The maximum Gasteiger partial charge on any atom is 0.137 e. The van der Waals surface area contributed by atoms with E-state index >= 15 is 0 Å². The molecule has 100 valence electrons. The van der Waals surface area contributed by atoms with Gasteiger partial charge in [0.1, 0.15) is 5.82 Å². The molecule has 0 saturated carbocycles. The molecule has 0 spiro atoms. The van der Waals surface area contributed by atoms with E-state index in [1.807, 2.05) is 25.2 Å². The number of nitrogens with one attached hydrogen (secondary N) is 1. The lowest BCUT2D eigenvalue weighted by atomic mass is 9.99. The second-order valence-electron chi connectivity index (χ2n) is 4.31. The van der Waals surface area contributed by atoms with Crippen LogP contribution in [0.25, 0.3) is 0 Å². The average Bonchev–Trinajstić information content (AvgIpc) is 2.40. The molecule has 0 aromatic heterocycles. The Bertz CT molecular complexity index is 572. The molecule has 0 heterocycles. The van der Waals surface area contributed by atoms with Crippen molar-refractivity contribution in [3.05, 3.63) is 68.4 Å². The molecular formula is C15H14Br2FN. The third kappa shape index (κ3) is 3.65. The van der Waals surface area contributed by atoms with Crippen LogP contribution in [0.15, 0.2) is 51.4 Å². The molecule has 0 radical (unpaired) electrons. The Morgan fingerprint density at radius 3 is 2.58 bits per heavy atom. The molecule has 2 rings (SSSR count). The molecule has 0 aliphatic heterocycles. The Kier molecular flexibility index (Phi) is 5.13. The molecule has 0 amide bonds. The van der Waals surface area contributed by atoms with Crippen LogP contribution < -0.4 is 5.32 Å². The fourth-order valence-electron chi connectivity index (χ4n) is 2.04. The van der Waals surface area contributed by atoms with Crippen LogP contribution in [0.2, 0.25) is 0 Å². The molecule has 0 aliphatic rings. The van der Waals surface area contributed by atoms with Crippen molar-refractivity contribution in [2.75, 3.05) is 7.05 Å². The van der Waals surface area contributed by atoms with E-state index in [0.717, 1.165) is 16.5 Å². The minimum Gasteiger partial charge on any atom is -0.313 e. The number of hydrogen-bond acceptors (Lipinski definition) is 1. The zero-order chi connectivity index (χ0) is 13.8. The van der Waals surface area contributed by atoms with E-state index in [0.29, 0.717) is 4.47 Å². The molecule has 0 bridgehead atoms. The summed E-state index contributed by atoms with van der Waals surface area (Å²) in [5.41, 5.74) is 2.13. The molecule has 1 atom stereocenters. The first-order valence-corrected chi connectivity index (χ1v) is 7.56. The maximum absolute atomic E-state index is 13.5. The SMILES string of the molecule is CNC(Cc1cccc(F)c1Br)c1cccc(Br)c1. The zero-order valence-electron chi connectivity index (χ0n) is 10.5. The van der Waals surface area contributed by atoms with Gasteiger partial charge in [0, 0.05) is 10.5 Å². The molecule has 1 N–H and O–H groups in total. The zero-order valence-corrected chi connectivity index (χ0v) is 13.6. The Morgan fingerprint density at radius 1 is 1.16 bits per heavy atom. The van der Waals surface area contributed by atoms with Crippen molar-refractivity contribution < 1.29 is 4.39 Å². The van der Waals surface area contributed by atoms with Crippen LogP contribution in [0.3, 0.4) is 0 Å². The largest absolute Gasteiger partial charge is 0.313 e. The van der Waals surface area contributed by atoms with E-state index in [4.69, 9.17) is 0 Å². The Morgan fingerprint density at radius 2 is 1.89 bits per heavy atom. The Labute approximate surface area is 129 Å². The normalized spacial score (nSPS) is 12.4. The lowest BCUT2D eigenvalue weighted by molar-refractivity contribution is 0.580. The van der Waals surface area contributed by atoms with Gasteiger partial charge in [-0.05, 0) is 58.7 Å². The summed E-state index contributed by atoms with van der Waals surface area (Å²) in [6.07, 6.45) is 0.727. The highest BCUT2D eigenvalue weighted by molar-refractivity contribution is 9.10. The van der Waals surface area contributed by atoms with E-state index in [1.54, 1.807) is 6.07 Å². The van der Waals surface area contributed by atoms with Crippen LogP contribution in [-0.4, -0.2) is 7.05 Å². The predicted molar refractivity (Wildman–Crippen MR) is 83.7 cm³/mol. The summed E-state index contributed by atoms with van der Waals surface area (Å²) in [4.78, 5) is 0. The van der Waals surface area contributed by atoms with Gasteiger partial charge < -0.3 is 5.32 Å². The van der Waals surface area contributed by atoms with Gasteiger partial charge in [-0.25, -0.2) is 4.39 Å². The van der Waals surface area contributed by atoms with E-state index in [-0.39, 0.29) is 11.9 Å². The minimum atomic E-state index is -0.221. The standard InChI is InChI=1S/C15H14Br2FN/c1-19-14(10-4-2-6-12(16)8-10)9-11-5-3-7-13(18)15(11)17/h2-8,14,19H,9H2,1H3. The number of rotatable bonds is 4. The van der Waals surface area contributed by atoms with Gasteiger partial charge in [0.05, 0.1) is 4.47 Å². The van der Waals surface area contributed by atoms with Crippen LogP contribution in [0.4, 0.5) is 4.39 Å². The second kappa shape index (κ2) is 6.64. The summed E-state index contributed by atoms with van der Waals surface area (Å²) < 4.78 is 15.1. The quantitative estimate of drug-likeness (QED) is 0.791. The van der Waals surface area contributed by atoms with Gasteiger partial charge in [-0.15, -0.1) is 0 Å². The maximum atomic E-state index is 13.5. The summed E-state index contributed by atoms with van der Waals surface area (Å²) >= 11 is 6.79. The van der Waals surface area contributed by atoms with Gasteiger partial charge in [0.25, 0.3) is 0 Å². The summed E-state index contributed by atoms with van der Waals surface area (Å²) in [5.74, 6) is -0.221. The van der Waals surface area contributed by atoms with E-state index in [2.05, 4.69) is 49.3 Å². The summed E-state index contributed by atoms with van der Waals surface area (Å²) in [6.45, 7) is 0. The van der Waals surface area contributed by atoms with Gasteiger partial charge in [-0.1, -0.05) is 40.2 Å². The minimum absolute atomic E-state index is 0.149. The van der Waals surface area contributed by atoms with Crippen molar-refractivity contribution in [1.29, 1.82) is 0 Å². The smallest absolute Gasteiger partial charge is 0.137 e. The fourth-order valence-corrected chi connectivity index (χ4v) is 2.88. The first-order chi connectivity index (χ1) is 9.11. The molecule has 0 fully saturated rings. The van der Waals surface area contributed by atoms with Gasteiger partial charge in [-0.2, -0.15) is 0 Å². The highest BCUT2D eigenvalue weighted by atomic mass is 79.9. The van der Waals surface area contributed by atoms with Crippen molar-refractivity contribution in [2.24, 2.45) is 0 Å². The van der Waals surface area contributed by atoms with E-state index in [9.17, 15) is 4.39 Å². The van der Waals surface area contributed by atoms with Crippen molar-refractivity contribution >= 4 is 31.9 Å². The molecule has 0 saturated heterocycles. The van der Waals surface area contributed by atoms with Crippen molar-refractivity contribution in [1.82, 2.24) is 5.32 Å². The molecule has 2 aromatic rings. The van der Waals surface area contributed by atoms with E-state index < -0.39 is 0 Å². The predicted octanol–water partition coefficient (Wildman–Crippen LogP) is 4.85. The highest BCUT2D eigenvalue weighted by Crippen LogP contribution is 2.27. The fraction of sp³-hybridized carbons (Fsp3) is 0.200. The number of benzene rings is 2. The Hall–Kier alpha value is -0.710. The van der Waals surface area contributed by atoms with Gasteiger partial charge in [0.15, 0.2) is 0 Å². The molecule has 0 aliphatic carbocycles. The third-order valence-corrected chi connectivity index (χ3v) is 4.44. The lowest BCUT2D eigenvalue weighted by Crippen LogP contribution is -2.19. The first-order valence-electron chi connectivity index (χ1n) is 5.97. The molecular weight excluding hydrogens is 373 g/mol. The van der Waals surface area contributed by atoms with Crippen molar-refractivity contribution in [3.8, 4) is 0 Å². The van der Waals surface area contributed by atoms with Gasteiger partial charge in [-0.3, -0.25) is 0 Å². The average molecular weight is 387 g/mol.